The normalized spacial score (nSPS) is 12.8. The van der Waals surface area contributed by atoms with Gasteiger partial charge in [0.25, 0.3) is 0 Å². The van der Waals surface area contributed by atoms with Crippen molar-refractivity contribution < 1.29 is 24.6 Å². The molecular formula is C20H16O5-2. The number of carbonyl (C=O) groups excluding carboxylic acids is 3. The molecule has 0 heterocycles. The fourth-order valence-electron chi connectivity index (χ4n) is 2.77. The first-order valence-electron chi connectivity index (χ1n) is 7.61. The van der Waals surface area contributed by atoms with Crippen LogP contribution in [0.5, 0.6) is 0 Å². The quantitative estimate of drug-likeness (QED) is 0.641. The van der Waals surface area contributed by atoms with Crippen molar-refractivity contribution in [1.29, 1.82) is 0 Å². The molecule has 0 spiro atoms. The van der Waals surface area contributed by atoms with E-state index in [1.807, 2.05) is 0 Å². The molecule has 5 nitrogen and oxygen atoms in total. The van der Waals surface area contributed by atoms with Gasteiger partial charge in [-0.15, -0.1) is 0 Å². The van der Waals surface area contributed by atoms with E-state index >= 15 is 0 Å². The van der Waals surface area contributed by atoms with Gasteiger partial charge >= 0.3 is 0 Å². The molecule has 2 aromatic rings. The highest BCUT2D eigenvalue weighted by molar-refractivity contribution is 6.02. The average Bonchev–Trinajstić information content (AvgIpc) is 2.60. The zero-order valence-corrected chi connectivity index (χ0v) is 13.4. The van der Waals surface area contributed by atoms with Crippen molar-refractivity contribution in [2.75, 3.05) is 0 Å². The van der Waals surface area contributed by atoms with Crippen LogP contribution in [0.15, 0.2) is 72.8 Å². The van der Waals surface area contributed by atoms with Crippen LogP contribution in [0.4, 0.5) is 0 Å². The number of benzene rings is 2. The molecule has 0 saturated carbocycles. The topological polar surface area (TPSA) is 97.3 Å². The van der Waals surface area contributed by atoms with E-state index in [9.17, 15) is 24.6 Å². The van der Waals surface area contributed by atoms with Crippen molar-refractivity contribution >= 4 is 17.7 Å². The van der Waals surface area contributed by atoms with Gasteiger partial charge < -0.3 is 19.8 Å². The molecule has 1 unspecified atom stereocenters. The molecule has 0 bridgehead atoms. The third kappa shape index (κ3) is 3.83. The first-order valence-corrected chi connectivity index (χ1v) is 7.61. The molecule has 0 fully saturated rings. The fourth-order valence-corrected chi connectivity index (χ4v) is 2.77. The molecule has 0 amide bonds. The van der Waals surface area contributed by atoms with E-state index in [0.29, 0.717) is 5.56 Å². The summed E-state index contributed by atoms with van der Waals surface area (Å²) in [6.45, 7) is 3.35. The minimum Gasteiger partial charge on any atom is -0.549 e. The minimum absolute atomic E-state index is 0.0248. The molecule has 128 valence electrons. The van der Waals surface area contributed by atoms with Gasteiger partial charge in [-0.05, 0) is 16.7 Å². The molecule has 2 aromatic carbocycles. The Morgan fingerprint density at radius 1 is 0.880 bits per heavy atom. The molecule has 0 N–H and O–H groups in total. The van der Waals surface area contributed by atoms with E-state index in [1.165, 1.54) is 12.1 Å². The Balaban J connectivity index is 2.44. The summed E-state index contributed by atoms with van der Waals surface area (Å²) in [6, 6.07) is 16.4. The Kier molecular flexibility index (Phi) is 5.49. The predicted octanol–water partition coefficient (Wildman–Crippen LogP) is 0.182. The number of aliphatic carboxylic acids is 2. The largest absolute Gasteiger partial charge is 0.549 e. The van der Waals surface area contributed by atoms with Crippen LogP contribution in [-0.2, 0) is 26.2 Å². The zero-order valence-electron chi connectivity index (χ0n) is 13.4. The Morgan fingerprint density at radius 3 is 1.88 bits per heavy atom. The maximum Gasteiger partial charge on any atom is 0.138 e. The Morgan fingerprint density at radius 2 is 1.40 bits per heavy atom. The number of rotatable bonds is 8. The molecule has 0 aliphatic heterocycles. The van der Waals surface area contributed by atoms with Crippen LogP contribution >= 0.6 is 0 Å². The SMILES string of the molecule is C=C(C(=O)[O-])C(CC(=O)Cc1ccccc1)(C(=O)[O-])c1ccccc1. The number of carboxylic acid groups (broad SMARTS) is 2. The Hall–Kier alpha value is -3.21. The molecule has 1 atom stereocenters. The minimum atomic E-state index is -2.17. The lowest BCUT2D eigenvalue weighted by molar-refractivity contribution is -0.317. The van der Waals surface area contributed by atoms with Gasteiger partial charge in [0, 0.05) is 12.8 Å². The van der Waals surface area contributed by atoms with E-state index in [-0.39, 0.29) is 12.0 Å². The van der Waals surface area contributed by atoms with Crippen LogP contribution < -0.4 is 10.2 Å². The maximum atomic E-state index is 12.5. The number of hydrogen-bond donors (Lipinski definition) is 0. The standard InChI is InChI=1S/C20H18O5/c1-14(18(22)23)20(19(24)25,16-10-6-3-7-11-16)13-17(21)12-15-8-4-2-5-9-15/h2-11H,1,12-13H2,(H,22,23)(H,24,25)/p-2. The summed E-state index contributed by atoms with van der Waals surface area (Å²) < 4.78 is 0. The van der Waals surface area contributed by atoms with Gasteiger partial charge in [-0.3, -0.25) is 4.79 Å². The molecule has 2 rings (SSSR count). The summed E-state index contributed by atoms with van der Waals surface area (Å²) in [4.78, 5) is 35.8. The molecule has 5 heteroatoms. The second-order valence-corrected chi connectivity index (χ2v) is 5.70. The summed E-state index contributed by atoms with van der Waals surface area (Å²) in [6.07, 6.45) is -0.607. The lowest BCUT2D eigenvalue weighted by atomic mass is 9.70. The highest BCUT2D eigenvalue weighted by Gasteiger charge is 2.39. The zero-order chi connectivity index (χ0) is 18.4. The van der Waals surface area contributed by atoms with Crippen molar-refractivity contribution in [1.82, 2.24) is 0 Å². The van der Waals surface area contributed by atoms with Crippen LogP contribution in [0.25, 0.3) is 0 Å². The van der Waals surface area contributed by atoms with E-state index < -0.39 is 35.1 Å². The van der Waals surface area contributed by atoms with Crippen molar-refractivity contribution in [3.8, 4) is 0 Å². The molecule has 25 heavy (non-hydrogen) atoms. The predicted molar refractivity (Wildman–Crippen MR) is 87.0 cm³/mol. The third-order valence-corrected chi connectivity index (χ3v) is 4.08. The highest BCUT2D eigenvalue weighted by atomic mass is 16.4. The molecule has 0 aromatic heterocycles. The Labute approximate surface area is 145 Å². The number of hydrogen-bond acceptors (Lipinski definition) is 5. The van der Waals surface area contributed by atoms with Gasteiger partial charge in [0.05, 0.1) is 17.4 Å². The van der Waals surface area contributed by atoms with Crippen molar-refractivity contribution in [2.45, 2.75) is 18.3 Å². The number of Topliss-reactive ketones (excluding diaryl/α,β-unsaturated/α-hetero) is 1. The lowest BCUT2D eigenvalue weighted by Crippen LogP contribution is -2.52. The second kappa shape index (κ2) is 7.57. The van der Waals surface area contributed by atoms with Crippen molar-refractivity contribution in [3.05, 3.63) is 83.9 Å². The molecule has 0 aliphatic rings. The van der Waals surface area contributed by atoms with Crippen LogP contribution in [-0.4, -0.2) is 17.7 Å². The molecular weight excluding hydrogens is 320 g/mol. The van der Waals surface area contributed by atoms with Gasteiger partial charge in [0.1, 0.15) is 5.78 Å². The summed E-state index contributed by atoms with van der Waals surface area (Å²) >= 11 is 0. The fraction of sp³-hybridized carbons (Fsp3) is 0.150. The average molecular weight is 336 g/mol. The van der Waals surface area contributed by atoms with Crippen LogP contribution in [0.2, 0.25) is 0 Å². The van der Waals surface area contributed by atoms with Crippen molar-refractivity contribution in [2.24, 2.45) is 0 Å². The van der Waals surface area contributed by atoms with Gasteiger partial charge in [-0.2, -0.15) is 0 Å². The van der Waals surface area contributed by atoms with Crippen LogP contribution in [0, 0.1) is 0 Å². The van der Waals surface area contributed by atoms with Gasteiger partial charge in [0.2, 0.25) is 0 Å². The maximum absolute atomic E-state index is 12.5. The first-order chi connectivity index (χ1) is 11.9. The first kappa shape index (κ1) is 18.1. The molecule has 0 saturated heterocycles. The van der Waals surface area contributed by atoms with Gasteiger partial charge in [-0.25, -0.2) is 0 Å². The summed E-state index contributed by atoms with van der Waals surface area (Å²) in [7, 11) is 0. The number of carboxylic acids is 2. The molecule has 0 radical (unpaired) electrons. The van der Waals surface area contributed by atoms with Gasteiger partial charge in [-0.1, -0.05) is 67.2 Å². The van der Waals surface area contributed by atoms with Crippen LogP contribution in [0.3, 0.4) is 0 Å². The van der Waals surface area contributed by atoms with E-state index in [2.05, 4.69) is 6.58 Å². The number of carbonyl (C=O) groups is 3. The van der Waals surface area contributed by atoms with E-state index in [1.54, 1.807) is 48.5 Å². The van der Waals surface area contributed by atoms with Crippen molar-refractivity contribution in [3.63, 3.8) is 0 Å². The highest BCUT2D eigenvalue weighted by Crippen LogP contribution is 2.35. The van der Waals surface area contributed by atoms with Crippen LogP contribution in [0.1, 0.15) is 17.5 Å². The smallest absolute Gasteiger partial charge is 0.138 e. The number of ketones is 1. The monoisotopic (exact) mass is 336 g/mol. The molecule has 0 aliphatic carbocycles. The summed E-state index contributed by atoms with van der Waals surface area (Å²) in [5, 5.41) is 23.3. The summed E-state index contributed by atoms with van der Waals surface area (Å²) in [5.41, 5.74) is -2.07. The van der Waals surface area contributed by atoms with Gasteiger partial charge in [0.15, 0.2) is 0 Å². The summed E-state index contributed by atoms with van der Waals surface area (Å²) in [5.74, 6) is -3.88. The Bertz CT molecular complexity index is 795. The second-order valence-electron chi connectivity index (χ2n) is 5.70. The third-order valence-electron chi connectivity index (χ3n) is 4.08. The lowest BCUT2D eigenvalue weighted by Gasteiger charge is -2.37. The van der Waals surface area contributed by atoms with E-state index in [0.717, 1.165) is 0 Å². The van der Waals surface area contributed by atoms with E-state index in [4.69, 9.17) is 0 Å².